The Morgan fingerprint density at radius 2 is 2.33 bits per heavy atom. The molecule has 0 rings (SSSR count). The molecule has 0 amide bonds. The Morgan fingerprint density at radius 3 is 2.44 bits per heavy atom. The van der Waals surface area contributed by atoms with E-state index in [9.17, 15) is 9.46 Å². The number of rotatable bonds is 3. The van der Waals surface area contributed by atoms with E-state index in [0.717, 1.165) is 0 Å². The van der Waals surface area contributed by atoms with Gasteiger partial charge < -0.3 is 26.2 Å². The summed E-state index contributed by atoms with van der Waals surface area (Å²) in [6.45, 7) is -0.725. The Labute approximate surface area is 71.9 Å². The molecule has 0 aromatic rings. The topological polar surface area (TPSA) is 49.4 Å². The summed E-state index contributed by atoms with van der Waals surface area (Å²) in [6, 6.07) is 0. The van der Waals surface area contributed by atoms with Crippen molar-refractivity contribution in [1.29, 1.82) is 0 Å². The summed E-state index contributed by atoms with van der Waals surface area (Å²) >= 11 is 3.88. The van der Waals surface area contributed by atoms with Gasteiger partial charge in [-0.3, -0.25) is 0 Å². The van der Waals surface area contributed by atoms with Crippen molar-refractivity contribution in [2.45, 2.75) is 0 Å². The molecular formula is C3H5O3PSZn. The molecule has 3 nitrogen and oxygen atoms in total. The van der Waals surface area contributed by atoms with Crippen molar-refractivity contribution < 1.29 is 33.5 Å². The number of hydrogen-bond acceptors (Lipinski definition) is 4. The van der Waals surface area contributed by atoms with Gasteiger partial charge in [0.15, 0.2) is 0 Å². The van der Waals surface area contributed by atoms with Crippen molar-refractivity contribution in [3.05, 3.63) is 12.7 Å². The average molecular weight is 218 g/mol. The van der Waals surface area contributed by atoms with E-state index in [1.165, 1.54) is 6.08 Å². The predicted molar refractivity (Wildman–Crippen MR) is 31.1 cm³/mol. The van der Waals surface area contributed by atoms with Gasteiger partial charge in [-0.1, -0.05) is 6.08 Å². The Kier molecular flexibility index (Phi) is 7.84. The van der Waals surface area contributed by atoms with Crippen molar-refractivity contribution >= 4 is 19.0 Å². The standard InChI is InChI=1S/C3H7O3PS.Zn/c1-2-3-6-7(4,5)8;/h2H,1,3H2,(H2,4,5,8);/q;+2/p-2. The molecule has 6 heteroatoms. The minimum absolute atomic E-state index is 0. The fourth-order valence-electron chi connectivity index (χ4n) is 0.144. The van der Waals surface area contributed by atoms with E-state index in [2.05, 4.69) is 23.4 Å². The van der Waals surface area contributed by atoms with Gasteiger partial charge in [0.1, 0.15) is 0 Å². The maximum Gasteiger partial charge on any atom is 2.00 e. The van der Waals surface area contributed by atoms with E-state index in [1.807, 2.05) is 0 Å². The van der Waals surface area contributed by atoms with Crippen LogP contribution in [0.2, 0.25) is 0 Å². The summed E-state index contributed by atoms with van der Waals surface area (Å²) < 4.78 is 14.0. The first-order valence-electron chi connectivity index (χ1n) is 1.84. The Balaban J connectivity index is 0. The third-order valence-corrected chi connectivity index (χ3v) is 1.13. The predicted octanol–water partition coefficient (Wildman–Crippen LogP) is 0.202. The van der Waals surface area contributed by atoms with Gasteiger partial charge in [-0.25, -0.2) is 0 Å². The average Bonchev–Trinajstić information content (AvgIpc) is 1.59. The van der Waals surface area contributed by atoms with Crippen LogP contribution >= 0.6 is 6.80 Å². The molecule has 0 aromatic heterocycles. The zero-order valence-electron chi connectivity index (χ0n) is 4.78. The van der Waals surface area contributed by atoms with Crippen LogP contribution in [-0.4, -0.2) is 6.61 Å². The van der Waals surface area contributed by atoms with E-state index in [4.69, 9.17) is 0 Å². The molecule has 1 atom stereocenters. The summed E-state index contributed by atoms with van der Waals surface area (Å²) in [4.78, 5) is 9.96. The van der Waals surface area contributed by atoms with Crippen LogP contribution in [0.5, 0.6) is 0 Å². The minimum Gasteiger partial charge on any atom is -0.797 e. The van der Waals surface area contributed by atoms with E-state index in [0.29, 0.717) is 0 Å². The van der Waals surface area contributed by atoms with Gasteiger partial charge in [-0.05, 0) is 0 Å². The Hall–Kier alpha value is 0.863. The van der Waals surface area contributed by atoms with E-state index in [1.54, 1.807) is 0 Å². The molecular weight excluding hydrogens is 212 g/mol. The Morgan fingerprint density at radius 1 is 1.89 bits per heavy atom. The second-order valence-corrected chi connectivity index (χ2v) is 3.53. The maximum absolute atomic E-state index is 9.96. The molecule has 0 aromatic carbocycles. The van der Waals surface area contributed by atoms with Crippen molar-refractivity contribution in [2.75, 3.05) is 6.61 Å². The monoisotopic (exact) mass is 216 g/mol. The molecule has 0 saturated heterocycles. The van der Waals surface area contributed by atoms with Crippen molar-refractivity contribution in [3.63, 3.8) is 0 Å². The molecule has 0 aliphatic carbocycles. The largest absolute Gasteiger partial charge is 2.00 e. The van der Waals surface area contributed by atoms with Gasteiger partial charge in [-0.15, -0.1) is 6.58 Å². The summed E-state index contributed by atoms with van der Waals surface area (Å²) in [5.41, 5.74) is 0. The van der Waals surface area contributed by atoms with Crippen LogP contribution in [0.3, 0.4) is 0 Å². The third-order valence-electron chi connectivity index (χ3n) is 0.351. The van der Waals surface area contributed by atoms with E-state index < -0.39 is 6.80 Å². The van der Waals surface area contributed by atoms with E-state index >= 15 is 0 Å². The van der Waals surface area contributed by atoms with Gasteiger partial charge in [0.2, 0.25) is 0 Å². The third kappa shape index (κ3) is 12.1. The van der Waals surface area contributed by atoms with Crippen LogP contribution in [-0.2, 0) is 40.8 Å². The molecule has 1 unspecified atom stereocenters. The first-order valence-corrected chi connectivity index (χ1v) is 4.39. The summed E-state index contributed by atoms with van der Waals surface area (Å²) in [6.07, 6.45) is 1.32. The molecule has 0 aliphatic heterocycles. The molecule has 0 aliphatic rings. The van der Waals surface area contributed by atoms with E-state index in [-0.39, 0.29) is 26.1 Å². The minimum atomic E-state index is -3.92. The summed E-state index contributed by atoms with van der Waals surface area (Å²) in [5, 5.41) is 0. The molecule has 0 radical (unpaired) electrons. The van der Waals surface area contributed by atoms with Crippen LogP contribution < -0.4 is 4.89 Å². The van der Waals surface area contributed by atoms with Crippen LogP contribution in [0.25, 0.3) is 0 Å². The molecule has 0 spiro atoms. The SMILES string of the molecule is C=CCOP(=O)([O-])[S-].[Zn+2]. The maximum atomic E-state index is 9.96. The smallest absolute Gasteiger partial charge is 0.797 e. The van der Waals surface area contributed by atoms with Crippen LogP contribution in [0.1, 0.15) is 0 Å². The van der Waals surface area contributed by atoms with Crippen LogP contribution in [0.15, 0.2) is 12.7 Å². The zero-order valence-corrected chi connectivity index (χ0v) is 9.46. The van der Waals surface area contributed by atoms with Gasteiger partial charge in [0, 0.05) is 6.80 Å². The van der Waals surface area contributed by atoms with Gasteiger partial charge in [0.05, 0.1) is 6.61 Å². The van der Waals surface area contributed by atoms with Crippen LogP contribution in [0.4, 0.5) is 0 Å². The summed E-state index contributed by atoms with van der Waals surface area (Å²) in [5.74, 6) is 0. The van der Waals surface area contributed by atoms with Gasteiger partial charge in [-0.2, -0.15) is 0 Å². The number of hydrogen-bond donors (Lipinski definition) is 0. The fraction of sp³-hybridized carbons (Fsp3) is 0.333. The molecule has 0 heterocycles. The van der Waals surface area contributed by atoms with Crippen molar-refractivity contribution in [2.24, 2.45) is 0 Å². The molecule has 0 saturated carbocycles. The molecule has 0 fully saturated rings. The van der Waals surface area contributed by atoms with Crippen LogP contribution in [0, 0.1) is 0 Å². The van der Waals surface area contributed by atoms with Gasteiger partial charge >= 0.3 is 19.5 Å². The molecule has 9 heavy (non-hydrogen) atoms. The first kappa shape index (κ1) is 12.5. The second kappa shape index (κ2) is 5.63. The molecule has 0 bridgehead atoms. The summed E-state index contributed by atoms with van der Waals surface area (Å²) in [7, 11) is 0. The Bertz CT molecular complexity index is 122. The quantitative estimate of drug-likeness (QED) is 0.293. The van der Waals surface area contributed by atoms with Crippen molar-refractivity contribution in [1.82, 2.24) is 0 Å². The van der Waals surface area contributed by atoms with Crippen molar-refractivity contribution in [3.8, 4) is 0 Å². The fourth-order valence-corrected chi connectivity index (χ4v) is 0.615. The van der Waals surface area contributed by atoms with Gasteiger partial charge in [0.25, 0.3) is 0 Å². The first-order chi connectivity index (χ1) is 3.56. The molecule has 48 valence electrons. The second-order valence-electron chi connectivity index (χ2n) is 1.03. The zero-order chi connectivity index (χ0) is 6.62. The normalized spacial score (nSPS) is 15.3. The molecule has 0 N–H and O–H groups in total.